The van der Waals surface area contributed by atoms with E-state index in [9.17, 15) is 13.2 Å². The van der Waals surface area contributed by atoms with Crippen molar-refractivity contribution in [2.75, 3.05) is 0 Å². The number of rotatable bonds is 2. The summed E-state index contributed by atoms with van der Waals surface area (Å²) >= 11 is 0. The average molecular weight is 215 g/mol. The lowest BCUT2D eigenvalue weighted by atomic mass is 9.99. The average Bonchev–Trinajstić information content (AvgIpc) is 2.83. The van der Waals surface area contributed by atoms with Crippen LogP contribution in [0.15, 0.2) is 24.3 Å². The van der Waals surface area contributed by atoms with E-state index in [2.05, 4.69) is 11.7 Å². The van der Waals surface area contributed by atoms with Crippen molar-refractivity contribution in [3.8, 4) is 5.75 Å². The molecule has 0 unspecified atom stereocenters. The van der Waals surface area contributed by atoms with Gasteiger partial charge in [-0.3, -0.25) is 0 Å². The maximum atomic E-state index is 11.9. The maximum absolute atomic E-state index is 11.9. The van der Waals surface area contributed by atoms with Crippen LogP contribution >= 0.6 is 0 Å². The molecular weight excluding hydrogens is 205 g/mol. The van der Waals surface area contributed by atoms with E-state index in [1.165, 1.54) is 12.1 Å². The van der Waals surface area contributed by atoms with Gasteiger partial charge >= 0.3 is 6.36 Å². The van der Waals surface area contributed by atoms with Crippen LogP contribution in [-0.4, -0.2) is 6.36 Å². The van der Waals surface area contributed by atoms with Crippen LogP contribution in [0.2, 0.25) is 0 Å². The van der Waals surface area contributed by atoms with Crippen molar-refractivity contribution in [2.24, 2.45) is 0 Å². The molecule has 1 aromatic rings. The van der Waals surface area contributed by atoms with Crippen molar-refractivity contribution in [1.29, 1.82) is 0 Å². The first-order valence-corrected chi connectivity index (χ1v) is 4.61. The number of alkyl halides is 3. The Kier molecular flexibility index (Phi) is 2.17. The number of ether oxygens (including phenoxy) is 1. The van der Waals surface area contributed by atoms with Crippen LogP contribution in [0.25, 0.3) is 0 Å². The molecule has 0 aromatic heterocycles. The Morgan fingerprint density at radius 3 is 2.07 bits per heavy atom. The van der Waals surface area contributed by atoms with Crippen LogP contribution in [0.1, 0.15) is 18.4 Å². The predicted molar refractivity (Wildman–Crippen MR) is 49.4 cm³/mol. The Hall–Kier alpha value is -1.19. The molecule has 1 nitrogen and oxygen atoms in total. The zero-order valence-corrected chi connectivity index (χ0v) is 7.97. The van der Waals surface area contributed by atoms with Crippen molar-refractivity contribution in [2.45, 2.75) is 24.6 Å². The smallest absolute Gasteiger partial charge is 0.406 e. The van der Waals surface area contributed by atoms with Gasteiger partial charge in [0.25, 0.3) is 0 Å². The van der Waals surface area contributed by atoms with Crippen LogP contribution in [0.4, 0.5) is 13.2 Å². The molecule has 0 bridgehead atoms. The summed E-state index contributed by atoms with van der Waals surface area (Å²) in [5.41, 5.74) is 0.897. The predicted octanol–water partition coefficient (Wildman–Crippen LogP) is 3.45. The second kappa shape index (κ2) is 3.15. The molecule has 2 rings (SSSR count). The minimum atomic E-state index is -4.62. The Morgan fingerprint density at radius 2 is 1.67 bits per heavy atom. The molecule has 1 saturated carbocycles. The largest absolute Gasteiger partial charge is 0.573 e. The molecule has 1 aliphatic carbocycles. The van der Waals surface area contributed by atoms with Gasteiger partial charge < -0.3 is 4.74 Å². The third kappa shape index (κ3) is 2.43. The van der Waals surface area contributed by atoms with E-state index in [0.29, 0.717) is 0 Å². The third-order valence-electron chi connectivity index (χ3n) is 2.55. The molecule has 4 heteroatoms. The number of hydrogen-bond donors (Lipinski definition) is 0. The van der Waals surface area contributed by atoms with E-state index in [1.54, 1.807) is 12.1 Å². The Balaban J connectivity index is 2.11. The molecule has 15 heavy (non-hydrogen) atoms. The molecule has 0 N–H and O–H groups in total. The highest BCUT2D eigenvalue weighted by atomic mass is 19.4. The molecule has 81 valence electrons. The zero-order chi connectivity index (χ0) is 11.1. The first-order chi connectivity index (χ1) is 6.89. The summed E-state index contributed by atoms with van der Waals surface area (Å²) in [6.07, 6.45) is -2.64. The molecule has 1 radical (unpaired) electrons. The van der Waals surface area contributed by atoms with Gasteiger partial charge in [-0.15, -0.1) is 13.2 Å². The quantitative estimate of drug-likeness (QED) is 0.734. The zero-order valence-electron chi connectivity index (χ0n) is 7.97. The minimum absolute atomic E-state index is 0.0727. The molecular formula is C11H10F3O. The molecule has 0 heterocycles. The van der Waals surface area contributed by atoms with Gasteiger partial charge in [-0.2, -0.15) is 0 Å². The van der Waals surface area contributed by atoms with E-state index >= 15 is 0 Å². The number of benzene rings is 1. The summed E-state index contributed by atoms with van der Waals surface area (Å²) < 4.78 is 39.3. The van der Waals surface area contributed by atoms with E-state index in [4.69, 9.17) is 0 Å². The fourth-order valence-electron chi connectivity index (χ4n) is 1.45. The van der Waals surface area contributed by atoms with Crippen LogP contribution in [0, 0.1) is 6.92 Å². The molecule has 0 aliphatic heterocycles. The topological polar surface area (TPSA) is 9.23 Å². The molecule has 1 fully saturated rings. The highest BCUT2D eigenvalue weighted by molar-refractivity contribution is 5.36. The summed E-state index contributed by atoms with van der Waals surface area (Å²) in [6, 6.07) is 5.93. The van der Waals surface area contributed by atoms with Crippen molar-refractivity contribution >= 4 is 0 Å². The van der Waals surface area contributed by atoms with Crippen molar-refractivity contribution in [1.82, 2.24) is 0 Å². The van der Waals surface area contributed by atoms with Gasteiger partial charge in [-0.1, -0.05) is 12.1 Å². The summed E-state index contributed by atoms with van der Waals surface area (Å²) in [4.78, 5) is 0. The second-order valence-electron chi connectivity index (χ2n) is 3.85. The Bertz CT molecular complexity index is 349. The first-order valence-electron chi connectivity index (χ1n) is 4.61. The standard InChI is InChI=1S/C11H10F3O/c1-10(6-7-10)8-2-4-9(5-3-8)15-11(12,13)14/h2-5H,1,6-7H2. The van der Waals surface area contributed by atoms with E-state index < -0.39 is 6.36 Å². The van der Waals surface area contributed by atoms with Gasteiger partial charge in [-0.25, -0.2) is 0 Å². The van der Waals surface area contributed by atoms with Gasteiger partial charge in [0.1, 0.15) is 5.75 Å². The SMILES string of the molecule is [CH2]C1(c2ccc(OC(F)(F)F)cc2)CC1. The van der Waals surface area contributed by atoms with Crippen LogP contribution in [-0.2, 0) is 5.41 Å². The van der Waals surface area contributed by atoms with E-state index in [-0.39, 0.29) is 11.2 Å². The number of halogens is 3. The van der Waals surface area contributed by atoms with Crippen LogP contribution < -0.4 is 4.74 Å². The summed E-state index contributed by atoms with van der Waals surface area (Å²) in [6.45, 7) is 3.99. The highest BCUT2D eigenvalue weighted by Gasteiger charge is 2.39. The Labute approximate surface area is 85.9 Å². The van der Waals surface area contributed by atoms with Gasteiger partial charge in [0.05, 0.1) is 0 Å². The van der Waals surface area contributed by atoms with Gasteiger partial charge in [0.2, 0.25) is 0 Å². The molecule has 0 amide bonds. The van der Waals surface area contributed by atoms with Gasteiger partial charge in [0, 0.05) is 0 Å². The van der Waals surface area contributed by atoms with Gasteiger partial charge in [0.15, 0.2) is 0 Å². The molecule has 1 aliphatic rings. The third-order valence-corrected chi connectivity index (χ3v) is 2.55. The monoisotopic (exact) mass is 215 g/mol. The first kappa shape index (κ1) is 10.3. The summed E-state index contributed by atoms with van der Waals surface area (Å²) in [5.74, 6) is -0.185. The fraction of sp³-hybridized carbons (Fsp3) is 0.364. The lowest BCUT2D eigenvalue weighted by Gasteiger charge is -2.11. The lowest BCUT2D eigenvalue weighted by Crippen LogP contribution is -2.17. The normalized spacial score (nSPS) is 18.7. The number of hydrogen-bond acceptors (Lipinski definition) is 1. The van der Waals surface area contributed by atoms with Gasteiger partial charge in [-0.05, 0) is 42.9 Å². The minimum Gasteiger partial charge on any atom is -0.406 e. The highest BCUT2D eigenvalue weighted by Crippen LogP contribution is 2.47. The molecule has 0 spiro atoms. The molecule has 1 aromatic carbocycles. The molecule has 0 atom stereocenters. The maximum Gasteiger partial charge on any atom is 0.573 e. The Morgan fingerprint density at radius 1 is 1.13 bits per heavy atom. The van der Waals surface area contributed by atoms with Crippen LogP contribution in [0.3, 0.4) is 0 Å². The lowest BCUT2D eigenvalue weighted by molar-refractivity contribution is -0.274. The van der Waals surface area contributed by atoms with Crippen LogP contribution in [0.5, 0.6) is 5.75 Å². The summed E-state index contributed by atoms with van der Waals surface area (Å²) in [7, 11) is 0. The summed E-state index contributed by atoms with van der Waals surface area (Å²) in [5, 5.41) is 0. The van der Waals surface area contributed by atoms with E-state index in [0.717, 1.165) is 18.4 Å². The van der Waals surface area contributed by atoms with Crippen molar-refractivity contribution < 1.29 is 17.9 Å². The van der Waals surface area contributed by atoms with Crippen molar-refractivity contribution in [3.05, 3.63) is 36.8 Å². The molecule has 0 saturated heterocycles. The second-order valence-corrected chi connectivity index (χ2v) is 3.85. The van der Waals surface area contributed by atoms with Crippen molar-refractivity contribution in [3.63, 3.8) is 0 Å². The van der Waals surface area contributed by atoms with E-state index in [1.807, 2.05) is 0 Å². The fourth-order valence-corrected chi connectivity index (χ4v) is 1.45.